The quantitative estimate of drug-likeness (QED) is 0.225. The number of hydrogen-bond acceptors (Lipinski definition) is 6. The van der Waals surface area contributed by atoms with Crippen LogP contribution in [0.5, 0.6) is 0 Å². The summed E-state index contributed by atoms with van der Waals surface area (Å²) in [6.45, 7) is 0.151. The summed E-state index contributed by atoms with van der Waals surface area (Å²) in [6.07, 6.45) is 4.73. The average Bonchev–Trinajstić information content (AvgIpc) is 3.46. The molecule has 0 spiro atoms. The third-order valence-electron chi connectivity index (χ3n) is 8.06. The molecule has 1 saturated carbocycles. The van der Waals surface area contributed by atoms with Gasteiger partial charge in [0.25, 0.3) is 0 Å². The van der Waals surface area contributed by atoms with Gasteiger partial charge in [0.15, 0.2) is 6.29 Å². The van der Waals surface area contributed by atoms with Crippen molar-refractivity contribution in [2.45, 2.75) is 88.2 Å². The normalized spacial score (nSPS) is 34.9. The number of aliphatic hydroxyl groups is 1. The largest absolute Gasteiger partial charge is 0.403 e. The summed E-state index contributed by atoms with van der Waals surface area (Å²) in [6, 6.07) is 0.374. The van der Waals surface area contributed by atoms with E-state index >= 15 is 0 Å². The number of allylic oxidation sites excluding steroid dienone is 3. The van der Waals surface area contributed by atoms with Gasteiger partial charge in [-0.2, -0.15) is 13.2 Å². The Bertz CT molecular complexity index is 1040. The van der Waals surface area contributed by atoms with Crippen LogP contribution in [0.2, 0.25) is 0 Å². The van der Waals surface area contributed by atoms with E-state index in [0.717, 1.165) is 24.8 Å². The van der Waals surface area contributed by atoms with E-state index in [2.05, 4.69) is 49.3 Å². The van der Waals surface area contributed by atoms with Crippen molar-refractivity contribution in [3.8, 4) is 0 Å². The number of rotatable bonds is 7. The van der Waals surface area contributed by atoms with Gasteiger partial charge in [0, 0.05) is 24.7 Å². The van der Waals surface area contributed by atoms with Crippen LogP contribution < -0.4 is 21.3 Å². The summed E-state index contributed by atoms with van der Waals surface area (Å²) in [5.74, 6) is -1.00. The first-order chi connectivity index (χ1) is 17.5. The van der Waals surface area contributed by atoms with Gasteiger partial charge in [-0.1, -0.05) is 45.8 Å². The van der Waals surface area contributed by atoms with Crippen molar-refractivity contribution < 1.29 is 23.1 Å². The highest BCUT2D eigenvalue weighted by Crippen LogP contribution is 2.57. The second kappa shape index (κ2) is 10.7. The fraction of sp³-hybridized carbons (Fsp3) is 0.680. The zero-order valence-corrected chi connectivity index (χ0v) is 22.6. The molecule has 5 rings (SSSR count). The van der Waals surface area contributed by atoms with Gasteiger partial charge < -0.3 is 10.4 Å². The number of alkyl halides is 3. The smallest absolute Gasteiger partial charge is 0.375 e. The summed E-state index contributed by atoms with van der Waals surface area (Å²) in [5.41, 5.74) is -0.591. The monoisotopic (exact) mass is 605 g/mol. The first-order valence-electron chi connectivity index (χ1n) is 12.8. The van der Waals surface area contributed by atoms with Crippen molar-refractivity contribution in [2.75, 3.05) is 6.54 Å². The highest BCUT2D eigenvalue weighted by Gasteiger charge is 2.68. The predicted molar refractivity (Wildman–Crippen MR) is 139 cm³/mol. The molecular weight excluding hydrogens is 575 g/mol. The lowest BCUT2D eigenvalue weighted by Gasteiger charge is -2.26. The van der Waals surface area contributed by atoms with Crippen LogP contribution in [0.1, 0.15) is 51.4 Å². The molecule has 2 fully saturated rings. The zero-order valence-electron chi connectivity index (χ0n) is 20.3. The molecule has 0 radical (unpaired) electrons. The van der Waals surface area contributed by atoms with Crippen molar-refractivity contribution in [3.05, 3.63) is 33.3 Å². The number of fused-ring (bicyclic) bond motifs is 1. The van der Waals surface area contributed by atoms with E-state index in [9.17, 15) is 23.1 Å². The van der Waals surface area contributed by atoms with Crippen LogP contribution in [0.4, 0.5) is 13.2 Å². The van der Waals surface area contributed by atoms with Gasteiger partial charge in [-0.05, 0) is 67.3 Å². The Morgan fingerprint density at radius 2 is 2.05 bits per heavy atom. The second-order valence-electron chi connectivity index (χ2n) is 10.7. The van der Waals surface area contributed by atoms with Crippen molar-refractivity contribution in [1.82, 2.24) is 21.3 Å². The number of hydrogen-bond donors (Lipinski definition) is 5. The topological polar surface area (TPSA) is 97.8 Å². The van der Waals surface area contributed by atoms with E-state index in [0.29, 0.717) is 30.0 Å². The van der Waals surface area contributed by atoms with Crippen LogP contribution in [0.25, 0.3) is 0 Å². The Morgan fingerprint density at radius 3 is 2.70 bits per heavy atom. The molecule has 4 aliphatic carbocycles. The van der Waals surface area contributed by atoms with E-state index in [-0.39, 0.29) is 49.7 Å². The Morgan fingerprint density at radius 1 is 1.27 bits per heavy atom. The summed E-state index contributed by atoms with van der Waals surface area (Å²) >= 11 is 9.92. The lowest BCUT2D eigenvalue weighted by atomic mass is 9.92. The predicted octanol–water partition coefficient (Wildman–Crippen LogP) is 3.70. The molecule has 7 nitrogen and oxygen atoms in total. The van der Waals surface area contributed by atoms with Crippen molar-refractivity contribution in [1.29, 1.82) is 0 Å². The molecule has 1 amide bonds. The minimum atomic E-state index is -4.51. The molecule has 37 heavy (non-hydrogen) atoms. The number of carbonyl (C=O) groups is 1. The molecule has 6 atom stereocenters. The molecule has 1 heterocycles. The maximum atomic E-state index is 13.2. The molecule has 0 aromatic carbocycles. The number of aliphatic hydroxyl groups excluding tert-OH is 1. The Balaban J connectivity index is 1.12. The average molecular weight is 607 g/mol. The van der Waals surface area contributed by atoms with Crippen molar-refractivity contribution >= 4 is 39.1 Å². The molecule has 6 unspecified atom stereocenters. The summed E-state index contributed by atoms with van der Waals surface area (Å²) < 4.78 is 40.8. The highest BCUT2D eigenvalue weighted by molar-refractivity contribution is 9.11. The van der Waals surface area contributed by atoms with E-state index in [1.165, 1.54) is 4.48 Å². The van der Waals surface area contributed by atoms with Gasteiger partial charge in [0.1, 0.15) is 11.6 Å². The molecule has 0 aromatic heterocycles. The van der Waals surface area contributed by atoms with Crippen LogP contribution in [0.3, 0.4) is 0 Å². The van der Waals surface area contributed by atoms with Crippen LogP contribution in [-0.4, -0.2) is 60.1 Å². The number of amides is 1. The van der Waals surface area contributed by atoms with E-state index < -0.39 is 23.7 Å². The molecule has 1 saturated heterocycles. The third kappa shape index (κ3) is 6.01. The third-order valence-corrected chi connectivity index (χ3v) is 9.15. The van der Waals surface area contributed by atoms with Gasteiger partial charge >= 0.3 is 6.18 Å². The van der Waals surface area contributed by atoms with Gasteiger partial charge in [0.2, 0.25) is 5.91 Å². The maximum absolute atomic E-state index is 13.2. The van der Waals surface area contributed by atoms with E-state index in [1.807, 2.05) is 6.08 Å². The molecule has 5 N–H and O–H groups in total. The minimum absolute atomic E-state index is 0.0275. The first kappa shape index (κ1) is 27.3. The van der Waals surface area contributed by atoms with E-state index in [4.69, 9.17) is 16.6 Å². The molecular formula is C25H32BrClF3N5O2. The summed E-state index contributed by atoms with van der Waals surface area (Å²) in [7, 11) is 0. The minimum Gasteiger partial charge on any atom is -0.375 e. The molecule has 0 bridgehead atoms. The Hall–Kier alpha value is -1.24. The Labute approximate surface area is 227 Å². The number of carbonyl (C=O) groups excluding carboxylic acids is 1. The van der Waals surface area contributed by atoms with Crippen LogP contribution in [-0.2, 0) is 4.79 Å². The molecule has 1 aliphatic heterocycles. The standard InChI is InChI=1S/C25H32BrClF3N5O2/c26-15-2-4-16(5-3-15)32-21(36)14-10-19-20(11-14)35-23(34-19)33-18-9-13(1-6-17(18)27)12-31-22(37)24(7-8-24)25(28,29)30/h2,6,10,13,16,19-21,23,32,34-36H,1,3-5,7-9,11-12H2,(H,31,37). The van der Waals surface area contributed by atoms with Gasteiger partial charge in [-0.3, -0.25) is 25.7 Å². The molecule has 0 aromatic rings. The van der Waals surface area contributed by atoms with Crippen molar-refractivity contribution in [3.63, 3.8) is 0 Å². The van der Waals surface area contributed by atoms with Gasteiger partial charge in [0.05, 0.1) is 10.7 Å². The second-order valence-corrected chi connectivity index (χ2v) is 12.2. The van der Waals surface area contributed by atoms with Crippen LogP contribution in [0, 0.1) is 11.3 Å². The summed E-state index contributed by atoms with van der Waals surface area (Å²) in [5, 5.41) is 23.9. The lowest BCUT2D eigenvalue weighted by Crippen LogP contribution is -2.43. The fourth-order valence-corrected chi connectivity index (χ4v) is 6.19. The number of nitrogens with zero attached hydrogens (tertiary/aromatic N) is 1. The SMILES string of the molecule is O=C(NCC1CC=C(Cl)C(=NC2NC3C=C(C(O)NC4CC=C(Br)CC4)CC3N2)C1)C1(C(F)(F)F)CC1. The van der Waals surface area contributed by atoms with Crippen LogP contribution >= 0.6 is 27.5 Å². The van der Waals surface area contributed by atoms with Crippen LogP contribution in [0.15, 0.2) is 38.3 Å². The number of aliphatic imine (C=N–C) groups is 1. The van der Waals surface area contributed by atoms with Gasteiger partial charge in [-0.15, -0.1) is 0 Å². The molecule has 5 aliphatic rings. The molecule has 204 valence electrons. The molecule has 12 heteroatoms. The highest BCUT2D eigenvalue weighted by atomic mass is 79.9. The fourth-order valence-electron chi connectivity index (χ4n) is 5.56. The van der Waals surface area contributed by atoms with Gasteiger partial charge in [-0.25, -0.2) is 0 Å². The lowest BCUT2D eigenvalue weighted by molar-refractivity contribution is -0.192. The Kier molecular flexibility index (Phi) is 7.93. The summed E-state index contributed by atoms with van der Waals surface area (Å²) in [4.78, 5) is 16.9. The van der Waals surface area contributed by atoms with E-state index in [1.54, 1.807) is 0 Å². The number of halogens is 5. The van der Waals surface area contributed by atoms with Crippen molar-refractivity contribution in [2.24, 2.45) is 16.3 Å². The maximum Gasteiger partial charge on any atom is 0.403 e. The number of nitrogens with one attached hydrogen (secondary N) is 4. The zero-order chi connectivity index (χ0) is 26.4. The first-order valence-corrected chi connectivity index (χ1v) is 14.0.